The minimum Gasteiger partial charge on any atom is -0.380 e. The number of nitrogens with one attached hydrogen (secondary N) is 2. The third-order valence-electron chi connectivity index (χ3n) is 2.88. The van der Waals surface area contributed by atoms with Crippen molar-refractivity contribution in [3.8, 4) is 0 Å². The molecule has 0 unspecified atom stereocenters. The number of imidazole rings is 1. The van der Waals surface area contributed by atoms with Gasteiger partial charge in [-0.1, -0.05) is 0 Å². The Morgan fingerprint density at radius 3 is 2.89 bits per heavy atom. The molecular weight excluding hydrogens is 244 g/mol. The molecule has 0 aliphatic heterocycles. The highest BCUT2D eigenvalue weighted by Crippen LogP contribution is 2.22. The molecule has 7 nitrogen and oxygen atoms in total. The molecule has 0 aliphatic carbocycles. The monoisotopic (exact) mass is 264 g/mol. The molecule has 0 fully saturated rings. The highest BCUT2D eigenvalue weighted by atomic mass is 16.5. The molecule has 7 heteroatoms. The predicted octanol–water partition coefficient (Wildman–Crippen LogP) is 1.26. The van der Waals surface area contributed by atoms with E-state index in [4.69, 9.17) is 4.74 Å². The molecule has 0 saturated heterocycles. The predicted molar refractivity (Wildman–Crippen MR) is 75.6 cm³/mol. The summed E-state index contributed by atoms with van der Waals surface area (Å²) >= 11 is 0. The average molecular weight is 264 g/mol. The number of H-pyrrole nitrogens is 1. The van der Waals surface area contributed by atoms with E-state index in [0.29, 0.717) is 18.2 Å². The lowest BCUT2D eigenvalue weighted by Crippen LogP contribution is -2.28. The fourth-order valence-electron chi connectivity index (χ4n) is 1.89. The molecule has 19 heavy (non-hydrogen) atoms. The first-order valence-corrected chi connectivity index (χ1v) is 6.51. The van der Waals surface area contributed by atoms with Crippen LogP contribution in [0.2, 0.25) is 0 Å². The molecule has 0 saturated carbocycles. The molecule has 0 radical (unpaired) electrons. The van der Waals surface area contributed by atoms with Gasteiger partial charge in [0.05, 0.1) is 12.9 Å². The summed E-state index contributed by atoms with van der Waals surface area (Å²) in [5, 5.41) is 2.96. The van der Waals surface area contributed by atoms with Crippen molar-refractivity contribution in [3.63, 3.8) is 0 Å². The lowest BCUT2D eigenvalue weighted by molar-refractivity contribution is 0.154. The van der Waals surface area contributed by atoms with Gasteiger partial charge in [-0.05, 0) is 13.8 Å². The van der Waals surface area contributed by atoms with Crippen molar-refractivity contribution in [2.45, 2.75) is 13.8 Å². The summed E-state index contributed by atoms with van der Waals surface area (Å²) in [5.41, 5.74) is 1.53. The quantitative estimate of drug-likeness (QED) is 0.733. The van der Waals surface area contributed by atoms with Gasteiger partial charge in [0.1, 0.15) is 5.52 Å². The van der Waals surface area contributed by atoms with Crippen LogP contribution < -0.4 is 10.2 Å². The maximum atomic E-state index is 5.41. The summed E-state index contributed by atoms with van der Waals surface area (Å²) in [5.74, 6) is 1.43. The van der Waals surface area contributed by atoms with Gasteiger partial charge >= 0.3 is 0 Å². The number of rotatable bonds is 7. The van der Waals surface area contributed by atoms with E-state index in [2.05, 4.69) is 37.1 Å². The van der Waals surface area contributed by atoms with Crippen molar-refractivity contribution in [2.75, 3.05) is 43.6 Å². The molecular formula is C12H20N6O. The van der Waals surface area contributed by atoms with Gasteiger partial charge in [-0.3, -0.25) is 0 Å². The Morgan fingerprint density at radius 1 is 1.37 bits per heavy atom. The number of hydrogen-bond acceptors (Lipinski definition) is 6. The Morgan fingerprint density at radius 2 is 2.21 bits per heavy atom. The van der Waals surface area contributed by atoms with Crippen LogP contribution in [-0.2, 0) is 4.74 Å². The number of fused-ring (bicyclic) bond motifs is 1. The minimum atomic E-state index is 0.574. The zero-order chi connectivity index (χ0) is 13.7. The van der Waals surface area contributed by atoms with Crippen molar-refractivity contribution in [1.29, 1.82) is 0 Å². The fourth-order valence-corrected chi connectivity index (χ4v) is 1.89. The maximum absolute atomic E-state index is 5.41. The average Bonchev–Trinajstić information content (AvgIpc) is 2.91. The Hall–Kier alpha value is -1.89. The summed E-state index contributed by atoms with van der Waals surface area (Å²) < 4.78 is 5.41. The summed E-state index contributed by atoms with van der Waals surface area (Å²) in [6.07, 6.45) is 1.64. The third kappa shape index (κ3) is 2.93. The first kappa shape index (κ1) is 13.5. The molecule has 0 aliphatic rings. The Bertz CT molecular complexity index is 526. The van der Waals surface area contributed by atoms with Gasteiger partial charge in [0.15, 0.2) is 11.5 Å². The molecule has 2 rings (SSSR count). The van der Waals surface area contributed by atoms with Crippen molar-refractivity contribution in [2.24, 2.45) is 0 Å². The molecule has 2 aromatic rings. The summed E-state index contributed by atoms with van der Waals surface area (Å²) in [7, 11) is 1.80. The largest absolute Gasteiger partial charge is 0.380 e. The Labute approximate surface area is 112 Å². The molecule has 0 amide bonds. The van der Waals surface area contributed by atoms with Crippen molar-refractivity contribution < 1.29 is 4.74 Å². The first-order valence-electron chi connectivity index (χ1n) is 6.51. The van der Waals surface area contributed by atoms with Crippen LogP contribution in [0.15, 0.2) is 6.33 Å². The molecule has 0 spiro atoms. The van der Waals surface area contributed by atoms with Crippen LogP contribution >= 0.6 is 0 Å². The van der Waals surface area contributed by atoms with Gasteiger partial charge in [-0.2, -0.15) is 9.97 Å². The van der Waals surface area contributed by atoms with E-state index in [1.807, 2.05) is 6.92 Å². The number of anilines is 2. The highest BCUT2D eigenvalue weighted by Gasteiger charge is 2.14. The number of ether oxygens (including phenoxy) is 1. The van der Waals surface area contributed by atoms with Crippen LogP contribution in [0.4, 0.5) is 11.8 Å². The van der Waals surface area contributed by atoms with E-state index >= 15 is 0 Å². The fraction of sp³-hybridized carbons (Fsp3) is 0.583. The molecule has 2 aromatic heterocycles. The zero-order valence-electron chi connectivity index (χ0n) is 11.6. The van der Waals surface area contributed by atoms with Crippen LogP contribution in [0.3, 0.4) is 0 Å². The van der Waals surface area contributed by atoms with Gasteiger partial charge < -0.3 is 19.9 Å². The van der Waals surface area contributed by atoms with Gasteiger partial charge in [0.25, 0.3) is 0 Å². The maximum Gasteiger partial charge on any atom is 0.226 e. The second kappa shape index (κ2) is 6.33. The SMILES string of the molecule is CCOCCN(CC)c1nc(NC)nc2nc[nH]c12. The van der Waals surface area contributed by atoms with E-state index in [9.17, 15) is 0 Å². The smallest absolute Gasteiger partial charge is 0.226 e. The van der Waals surface area contributed by atoms with E-state index in [0.717, 1.165) is 31.0 Å². The van der Waals surface area contributed by atoms with Gasteiger partial charge in [0.2, 0.25) is 5.95 Å². The molecule has 2 heterocycles. The van der Waals surface area contributed by atoms with Gasteiger partial charge in [-0.25, -0.2) is 4.98 Å². The number of likely N-dealkylation sites (N-methyl/N-ethyl adjacent to an activating group) is 1. The van der Waals surface area contributed by atoms with E-state index in [-0.39, 0.29) is 0 Å². The Balaban J connectivity index is 2.31. The summed E-state index contributed by atoms with van der Waals surface area (Å²) in [6.45, 7) is 7.13. The standard InChI is InChI=1S/C12H20N6O/c1-4-18(6-7-19-5-2)11-9-10(15-8-14-9)16-12(13-3)17-11/h8H,4-7H2,1-3H3,(H2,13,14,15,16,17). The minimum absolute atomic E-state index is 0.574. The van der Waals surface area contributed by atoms with Gasteiger partial charge in [0, 0.05) is 26.7 Å². The second-order valence-corrected chi connectivity index (χ2v) is 4.00. The molecule has 0 aromatic carbocycles. The van der Waals surface area contributed by atoms with E-state index < -0.39 is 0 Å². The topological polar surface area (TPSA) is 79.0 Å². The van der Waals surface area contributed by atoms with Crippen molar-refractivity contribution in [1.82, 2.24) is 19.9 Å². The lowest BCUT2D eigenvalue weighted by atomic mass is 10.4. The second-order valence-electron chi connectivity index (χ2n) is 4.00. The van der Waals surface area contributed by atoms with Crippen molar-refractivity contribution >= 4 is 22.9 Å². The van der Waals surface area contributed by atoms with Gasteiger partial charge in [-0.15, -0.1) is 0 Å². The highest BCUT2D eigenvalue weighted by molar-refractivity contribution is 5.84. The van der Waals surface area contributed by atoms with Crippen LogP contribution in [0.1, 0.15) is 13.8 Å². The van der Waals surface area contributed by atoms with Crippen LogP contribution in [0.25, 0.3) is 11.2 Å². The van der Waals surface area contributed by atoms with E-state index in [1.54, 1.807) is 13.4 Å². The Kier molecular flexibility index (Phi) is 4.51. The lowest BCUT2D eigenvalue weighted by Gasteiger charge is -2.22. The van der Waals surface area contributed by atoms with Crippen LogP contribution in [-0.4, -0.2) is 53.3 Å². The summed E-state index contributed by atoms with van der Waals surface area (Å²) in [6, 6.07) is 0. The number of aromatic nitrogens is 4. The normalized spacial score (nSPS) is 10.9. The first-order chi connectivity index (χ1) is 9.30. The molecule has 0 atom stereocenters. The molecule has 104 valence electrons. The molecule has 2 N–H and O–H groups in total. The molecule has 0 bridgehead atoms. The van der Waals surface area contributed by atoms with E-state index in [1.165, 1.54) is 0 Å². The number of hydrogen-bond donors (Lipinski definition) is 2. The van der Waals surface area contributed by atoms with Crippen molar-refractivity contribution in [3.05, 3.63) is 6.33 Å². The number of nitrogens with zero attached hydrogens (tertiary/aromatic N) is 4. The third-order valence-corrected chi connectivity index (χ3v) is 2.88. The number of aromatic amines is 1. The zero-order valence-corrected chi connectivity index (χ0v) is 11.6. The van der Waals surface area contributed by atoms with Crippen LogP contribution in [0.5, 0.6) is 0 Å². The van der Waals surface area contributed by atoms with Crippen LogP contribution in [0, 0.1) is 0 Å². The summed E-state index contributed by atoms with van der Waals surface area (Å²) in [4.78, 5) is 18.3.